The van der Waals surface area contributed by atoms with Crippen molar-refractivity contribution in [1.82, 2.24) is 0 Å². The molecule has 0 bridgehead atoms. The molecule has 6 nitrogen and oxygen atoms in total. The van der Waals surface area contributed by atoms with Crippen LogP contribution in [0, 0.1) is 17.6 Å². The van der Waals surface area contributed by atoms with Crippen molar-refractivity contribution in [2.45, 2.75) is 29.5 Å². The van der Waals surface area contributed by atoms with E-state index in [9.17, 15) is 49.5 Å². The van der Waals surface area contributed by atoms with E-state index >= 15 is 0 Å². The van der Waals surface area contributed by atoms with Crippen LogP contribution >= 0.6 is 34.8 Å². The molecule has 234 valence electrons. The number of halogens is 11. The first kappa shape index (κ1) is 33.3. The van der Waals surface area contributed by atoms with E-state index in [1.54, 1.807) is 0 Å². The van der Waals surface area contributed by atoms with Crippen LogP contribution in [0.1, 0.15) is 39.9 Å². The van der Waals surface area contributed by atoms with E-state index in [-0.39, 0.29) is 22.3 Å². The van der Waals surface area contributed by atoms with Gasteiger partial charge in [0.15, 0.2) is 5.82 Å². The predicted molar refractivity (Wildman–Crippen MR) is 146 cm³/mol. The maximum atomic E-state index is 14.7. The lowest BCUT2D eigenvalue weighted by Crippen LogP contribution is -2.19. The molecule has 0 spiro atoms. The van der Waals surface area contributed by atoms with E-state index in [2.05, 4.69) is 10.6 Å². The summed E-state index contributed by atoms with van der Waals surface area (Å²) in [6, 6.07) is 5.80. The van der Waals surface area contributed by atoms with Gasteiger partial charge in [-0.1, -0.05) is 11.6 Å². The van der Waals surface area contributed by atoms with Gasteiger partial charge in [-0.3, -0.25) is 14.4 Å². The number of benzene rings is 3. The number of nitrogens with one attached hydrogen (secondary N) is 3. The van der Waals surface area contributed by atoms with Crippen LogP contribution in [0.4, 0.5) is 52.2 Å². The third-order valence-corrected chi connectivity index (χ3v) is 7.69. The molecule has 1 fully saturated rings. The molecule has 0 heterocycles. The van der Waals surface area contributed by atoms with Crippen molar-refractivity contribution < 1.29 is 49.5 Å². The van der Waals surface area contributed by atoms with Crippen LogP contribution in [0.5, 0.6) is 0 Å². The monoisotopic (exact) mass is 687 g/mol. The third-order valence-electron chi connectivity index (χ3n) is 6.42. The Bertz CT molecular complexity index is 1650. The number of rotatable bonds is 6. The highest BCUT2D eigenvalue weighted by atomic mass is 35.5. The number of amides is 3. The van der Waals surface area contributed by atoms with Crippen LogP contribution in [0.25, 0.3) is 0 Å². The molecule has 3 N–H and O–H groups in total. The van der Waals surface area contributed by atoms with E-state index in [1.165, 1.54) is 6.07 Å². The fourth-order valence-electron chi connectivity index (χ4n) is 4.35. The number of carbonyl (C=O) groups excluding carboxylic acids is 3. The Morgan fingerprint density at radius 3 is 1.95 bits per heavy atom. The molecule has 4 rings (SSSR count). The zero-order chi connectivity index (χ0) is 32.9. The summed E-state index contributed by atoms with van der Waals surface area (Å²) in [7, 11) is 0. The van der Waals surface area contributed by atoms with Gasteiger partial charge in [0.25, 0.3) is 5.91 Å². The molecule has 0 aliphatic heterocycles. The normalized spacial score (nSPS) is 17.5. The van der Waals surface area contributed by atoms with Gasteiger partial charge in [-0.15, -0.1) is 23.2 Å². The van der Waals surface area contributed by atoms with Crippen molar-refractivity contribution in [2.24, 2.45) is 5.92 Å². The van der Waals surface area contributed by atoms with E-state index in [1.807, 2.05) is 5.32 Å². The highest BCUT2D eigenvalue weighted by molar-refractivity contribution is 6.53. The predicted octanol–water partition coefficient (Wildman–Crippen LogP) is 8.39. The highest BCUT2D eigenvalue weighted by Gasteiger charge is 2.68. The summed E-state index contributed by atoms with van der Waals surface area (Å²) in [6.07, 6.45) is -10.3. The molecular weight excluding hydrogens is 673 g/mol. The molecule has 17 heteroatoms. The van der Waals surface area contributed by atoms with Gasteiger partial charge in [-0.25, -0.2) is 8.78 Å². The molecule has 0 saturated heterocycles. The molecule has 3 aromatic rings. The lowest BCUT2D eigenvalue weighted by atomic mass is 10.0. The maximum Gasteiger partial charge on any atom is 0.416 e. The first-order valence-corrected chi connectivity index (χ1v) is 13.2. The molecule has 1 aliphatic rings. The first-order chi connectivity index (χ1) is 20.2. The van der Waals surface area contributed by atoms with Crippen molar-refractivity contribution >= 4 is 69.6 Å². The van der Waals surface area contributed by atoms with E-state index in [0.29, 0.717) is 12.1 Å². The maximum absolute atomic E-state index is 14.7. The number of hydrogen-bond donors (Lipinski definition) is 3. The molecule has 3 amide bonds. The average Bonchev–Trinajstić information content (AvgIpc) is 3.49. The smallest absolute Gasteiger partial charge is 0.326 e. The van der Waals surface area contributed by atoms with Gasteiger partial charge in [0.05, 0.1) is 33.3 Å². The second-order valence-electron chi connectivity index (χ2n) is 9.57. The Kier molecular flexibility index (Phi) is 8.86. The van der Waals surface area contributed by atoms with E-state index < -0.39 is 85.9 Å². The largest absolute Gasteiger partial charge is 0.416 e. The molecule has 1 aliphatic carbocycles. The van der Waals surface area contributed by atoms with Crippen LogP contribution in [-0.2, 0) is 21.9 Å². The summed E-state index contributed by atoms with van der Waals surface area (Å²) in [5.74, 6) is -8.25. The number of hydrogen-bond acceptors (Lipinski definition) is 3. The molecule has 1 saturated carbocycles. The van der Waals surface area contributed by atoms with Gasteiger partial charge < -0.3 is 16.0 Å². The Morgan fingerprint density at radius 2 is 1.41 bits per heavy atom. The summed E-state index contributed by atoms with van der Waals surface area (Å²) in [6.45, 7) is 1.01. The second-order valence-corrected chi connectivity index (χ2v) is 11.4. The summed E-state index contributed by atoms with van der Waals surface area (Å²) >= 11 is 18.4. The third kappa shape index (κ3) is 6.87. The zero-order valence-corrected chi connectivity index (χ0v) is 23.9. The van der Waals surface area contributed by atoms with Gasteiger partial charge >= 0.3 is 12.4 Å². The van der Waals surface area contributed by atoms with Crippen LogP contribution in [-0.4, -0.2) is 22.1 Å². The fraction of sp³-hybridized carbons (Fsp3) is 0.222. The van der Waals surface area contributed by atoms with Gasteiger partial charge in [0.2, 0.25) is 11.8 Å². The van der Waals surface area contributed by atoms with Crippen LogP contribution < -0.4 is 16.0 Å². The molecule has 2 atom stereocenters. The van der Waals surface area contributed by atoms with Crippen LogP contribution in [0.2, 0.25) is 5.02 Å². The van der Waals surface area contributed by atoms with E-state index in [0.717, 1.165) is 31.2 Å². The van der Waals surface area contributed by atoms with Crippen molar-refractivity contribution in [3.05, 3.63) is 87.4 Å². The highest BCUT2D eigenvalue weighted by Crippen LogP contribution is 2.65. The quantitative estimate of drug-likeness (QED) is 0.180. The molecular formula is C27H16Cl3F8N3O3. The first-order valence-electron chi connectivity index (χ1n) is 12.1. The molecule has 44 heavy (non-hydrogen) atoms. The van der Waals surface area contributed by atoms with Gasteiger partial charge in [0.1, 0.15) is 15.8 Å². The Hall–Kier alpha value is -3.62. The van der Waals surface area contributed by atoms with Crippen LogP contribution in [0.3, 0.4) is 0 Å². The summed E-state index contributed by atoms with van der Waals surface area (Å²) in [4.78, 5) is 37.1. The van der Waals surface area contributed by atoms with Crippen molar-refractivity contribution in [3.63, 3.8) is 0 Å². The summed E-state index contributed by atoms with van der Waals surface area (Å²) in [5.41, 5.74) is -5.64. The summed E-state index contributed by atoms with van der Waals surface area (Å²) < 4.78 is 107. The lowest BCUT2D eigenvalue weighted by Gasteiger charge is -2.14. The number of anilines is 3. The minimum absolute atomic E-state index is 0.0795. The van der Waals surface area contributed by atoms with Crippen molar-refractivity contribution in [3.8, 4) is 0 Å². The summed E-state index contributed by atoms with van der Waals surface area (Å²) in [5, 5.41) is 6.22. The minimum Gasteiger partial charge on any atom is -0.326 e. The molecule has 0 radical (unpaired) electrons. The molecule has 0 aromatic heterocycles. The fourth-order valence-corrected chi connectivity index (χ4v) is 5.38. The SMILES string of the molecule is CC(=O)Nc1c(F)ccc(NC(=O)c2cc(NC(=O)[C@H]3[C@H](c4cc(C(F)(F)F)cc(C(F)(F)F)c4)C3(Cl)Cl)ccc2Cl)c1F. The molecule has 3 aromatic carbocycles. The van der Waals surface area contributed by atoms with Crippen LogP contribution in [0.15, 0.2) is 48.5 Å². The van der Waals surface area contributed by atoms with Crippen molar-refractivity contribution in [1.29, 1.82) is 0 Å². The Morgan fingerprint density at radius 1 is 0.818 bits per heavy atom. The Labute approximate surface area is 257 Å². The minimum atomic E-state index is -5.15. The second kappa shape index (κ2) is 11.7. The molecule has 0 unspecified atom stereocenters. The number of carbonyl (C=O) groups is 3. The standard InChI is InChI=1S/C27H16Cl3F8N3O3/c1-10(42)39-22-17(31)4-5-18(21(22)32)41-23(43)15-9-14(2-3-16(15)28)40-24(44)20-19(25(20,29)30)11-6-12(26(33,34)35)8-13(7-11)27(36,37)38/h2-9,19-20H,1H3,(H,39,42)(H,40,44)(H,41,43)/t19-,20+/m0/s1. The van der Waals surface area contributed by atoms with Gasteiger partial charge in [0, 0.05) is 18.5 Å². The Balaban J connectivity index is 1.57. The van der Waals surface area contributed by atoms with Gasteiger partial charge in [-0.05, 0) is 54.1 Å². The van der Waals surface area contributed by atoms with Crippen molar-refractivity contribution in [2.75, 3.05) is 16.0 Å². The lowest BCUT2D eigenvalue weighted by molar-refractivity contribution is -0.143. The number of alkyl halides is 8. The topological polar surface area (TPSA) is 87.3 Å². The van der Waals surface area contributed by atoms with Gasteiger partial charge in [-0.2, -0.15) is 26.3 Å². The zero-order valence-electron chi connectivity index (χ0n) is 21.7. The average molecular weight is 689 g/mol. The van der Waals surface area contributed by atoms with E-state index in [4.69, 9.17) is 34.8 Å².